The number of anilines is 2. The van der Waals surface area contributed by atoms with E-state index in [1.807, 2.05) is 24.3 Å². The van der Waals surface area contributed by atoms with Crippen molar-refractivity contribution < 1.29 is 31.7 Å². The van der Waals surface area contributed by atoms with E-state index in [4.69, 9.17) is 0 Å². The van der Waals surface area contributed by atoms with Gasteiger partial charge in [0.1, 0.15) is 10.8 Å². The molecule has 0 spiro atoms. The molecule has 47 heavy (non-hydrogen) atoms. The van der Waals surface area contributed by atoms with Gasteiger partial charge in [-0.05, 0) is 85.5 Å². The van der Waals surface area contributed by atoms with Crippen molar-refractivity contribution in [2.75, 3.05) is 16.4 Å². The van der Waals surface area contributed by atoms with Crippen molar-refractivity contribution >= 4 is 44.9 Å². The van der Waals surface area contributed by atoms with Crippen LogP contribution < -0.4 is 15.4 Å². The molecule has 2 aromatic carbocycles. The van der Waals surface area contributed by atoms with E-state index in [1.54, 1.807) is 12.1 Å². The number of carbonyl (C=O) groups excluding carboxylic acids is 2. The lowest BCUT2D eigenvalue weighted by molar-refractivity contribution is -0.274. The van der Waals surface area contributed by atoms with Crippen molar-refractivity contribution in [3.05, 3.63) is 82.5 Å². The molecule has 248 valence electrons. The number of nitrogens with zero attached hydrogens (tertiary/aromatic N) is 4. The van der Waals surface area contributed by atoms with E-state index in [2.05, 4.69) is 35.8 Å². The van der Waals surface area contributed by atoms with Crippen LogP contribution in [0.15, 0.2) is 65.6 Å². The average molecular weight is 687 g/mol. The Labute approximate surface area is 276 Å². The minimum absolute atomic E-state index is 0.154. The molecule has 5 rings (SSSR count). The molecule has 15 heteroatoms. The summed E-state index contributed by atoms with van der Waals surface area (Å²) >= 11 is 1.32. The van der Waals surface area contributed by atoms with Crippen LogP contribution in [0.4, 0.5) is 24.1 Å². The van der Waals surface area contributed by atoms with Gasteiger partial charge in [-0.25, -0.2) is 0 Å². The summed E-state index contributed by atoms with van der Waals surface area (Å²) in [5.74, 6) is 0.392. The number of benzene rings is 2. The minimum atomic E-state index is -4.81. The maximum absolute atomic E-state index is 12.7. The Morgan fingerprint density at radius 1 is 0.872 bits per heavy atom. The predicted octanol–water partition coefficient (Wildman–Crippen LogP) is 6.06. The highest BCUT2D eigenvalue weighted by molar-refractivity contribution is 7.85. The summed E-state index contributed by atoms with van der Waals surface area (Å²) in [4.78, 5) is 25.7. The van der Waals surface area contributed by atoms with Crippen molar-refractivity contribution in [2.45, 2.75) is 69.0 Å². The number of unbranched alkanes of at least 4 members (excludes halogenated alkanes) is 1. The van der Waals surface area contributed by atoms with Crippen LogP contribution in [0.3, 0.4) is 0 Å². The number of hydrogen-bond donors (Lipinski definition) is 2. The summed E-state index contributed by atoms with van der Waals surface area (Å²) in [7, 11) is -1.05. The highest BCUT2D eigenvalue weighted by atomic mass is 32.2. The maximum Gasteiger partial charge on any atom is 0.573 e. The Bertz CT molecular complexity index is 1700. The lowest BCUT2D eigenvalue weighted by atomic mass is 9.87. The first kappa shape index (κ1) is 34.1. The van der Waals surface area contributed by atoms with E-state index in [0.717, 1.165) is 59.0 Å². The van der Waals surface area contributed by atoms with Gasteiger partial charge in [-0.15, -0.1) is 28.5 Å². The average Bonchev–Trinajstić information content (AvgIpc) is 3.44. The molecule has 1 aliphatic rings. The molecular weight excluding hydrogens is 654 g/mol. The summed E-state index contributed by atoms with van der Waals surface area (Å²) < 4.78 is 53.9. The molecule has 0 radical (unpaired) electrons. The number of ether oxygens (including phenoxy) is 1. The molecular formula is C32H33F3N6O4S2. The molecule has 2 aromatic heterocycles. The van der Waals surface area contributed by atoms with Gasteiger partial charge in [-0.1, -0.05) is 42.0 Å². The quantitative estimate of drug-likeness (QED) is 0.144. The molecule has 0 aliphatic heterocycles. The number of amides is 2. The molecule has 4 aromatic rings. The van der Waals surface area contributed by atoms with Gasteiger partial charge in [0.2, 0.25) is 16.9 Å². The number of nitrogens with one attached hydrogen (secondary N) is 2. The number of rotatable bonds is 15. The zero-order valence-electron chi connectivity index (χ0n) is 25.3. The highest BCUT2D eigenvalue weighted by Crippen LogP contribution is 2.29. The Kier molecular flexibility index (Phi) is 11.6. The van der Waals surface area contributed by atoms with Crippen LogP contribution in [0.1, 0.15) is 53.9 Å². The van der Waals surface area contributed by atoms with Gasteiger partial charge in [0, 0.05) is 17.1 Å². The molecule has 1 aliphatic carbocycles. The van der Waals surface area contributed by atoms with Crippen molar-refractivity contribution in [3.8, 4) is 5.75 Å². The van der Waals surface area contributed by atoms with E-state index in [1.165, 1.54) is 29.9 Å². The van der Waals surface area contributed by atoms with Crippen molar-refractivity contribution in [2.24, 2.45) is 5.92 Å². The first-order chi connectivity index (χ1) is 22.6. The summed E-state index contributed by atoms with van der Waals surface area (Å²) in [5, 5.41) is 23.1. The first-order valence-corrected chi connectivity index (χ1v) is 17.3. The lowest BCUT2D eigenvalue weighted by Gasteiger charge is -2.24. The van der Waals surface area contributed by atoms with Crippen LogP contribution in [0.2, 0.25) is 0 Å². The zero-order valence-corrected chi connectivity index (χ0v) is 26.9. The first-order valence-electron chi connectivity index (χ1n) is 15.1. The van der Waals surface area contributed by atoms with Crippen LogP contribution in [0, 0.1) is 5.92 Å². The molecule has 1 unspecified atom stereocenters. The summed E-state index contributed by atoms with van der Waals surface area (Å²) in [6.07, 6.45) is 1.62. The maximum atomic E-state index is 12.7. The molecule has 1 saturated carbocycles. The van der Waals surface area contributed by atoms with Gasteiger partial charge in [-0.2, -0.15) is 5.10 Å². The van der Waals surface area contributed by atoms with E-state index < -0.39 is 28.8 Å². The summed E-state index contributed by atoms with van der Waals surface area (Å²) in [5.41, 5.74) is 1.89. The molecule has 10 nitrogen and oxygen atoms in total. The van der Waals surface area contributed by atoms with Crippen LogP contribution in [0.5, 0.6) is 5.75 Å². The van der Waals surface area contributed by atoms with Crippen molar-refractivity contribution in [1.82, 2.24) is 20.4 Å². The van der Waals surface area contributed by atoms with E-state index in [-0.39, 0.29) is 24.6 Å². The lowest BCUT2D eigenvalue weighted by Crippen LogP contribution is -2.19. The molecule has 1 fully saturated rings. The smallest absolute Gasteiger partial charge is 0.406 e. The van der Waals surface area contributed by atoms with Crippen LogP contribution in [0.25, 0.3) is 0 Å². The second kappa shape index (κ2) is 16.0. The predicted molar refractivity (Wildman–Crippen MR) is 171 cm³/mol. The van der Waals surface area contributed by atoms with Gasteiger partial charge >= 0.3 is 6.36 Å². The summed E-state index contributed by atoms with van der Waals surface area (Å²) in [6, 6.07) is 16.0. The third kappa shape index (κ3) is 11.2. The fraction of sp³-hybridized carbons (Fsp3) is 0.375. The monoisotopic (exact) mass is 686 g/mol. The topological polar surface area (TPSA) is 136 Å². The zero-order chi connectivity index (χ0) is 33.2. The Morgan fingerprint density at radius 2 is 1.60 bits per heavy atom. The minimum Gasteiger partial charge on any atom is -0.406 e. The molecule has 2 heterocycles. The van der Waals surface area contributed by atoms with Gasteiger partial charge in [0.25, 0.3) is 0 Å². The number of aryl methyl sites for hydroxylation is 2. The van der Waals surface area contributed by atoms with Gasteiger partial charge in [0.15, 0.2) is 5.82 Å². The van der Waals surface area contributed by atoms with Crippen LogP contribution in [-0.4, -0.2) is 48.5 Å². The largest absolute Gasteiger partial charge is 0.573 e. The van der Waals surface area contributed by atoms with E-state index in [0.29, 0.717) is 35.2 Å². The number of halogens is 3. The number of aromatic nitrogens is 4. The van der Waals surface area contributed by atoms with Gasteiger partial charge in [-0.3, -0.25) is 13.8 Å². The summed E-state index contributed by atoms with van der Waals surface area (Å²) in [6.45, 7) is 0. The second-order valence-corrected chi connectivity index (χ2v) is 13.8. The fourth-order valence-corrected chi connectivity index (χ4v) is 7.15. The standard InChI is InChI=1S/C32H33F3N6O4S2/c33-32(34,35)45-25-11-4-8-22(16-25)18-28(42)36-27-15-14-24(38-39-27)10-1-2-13-30-40-41-31(46-30)37-29(43)19-23-9-5-12-26(17-23)47(44)20-21-6-3-7-21/h4-5,8-9,11-12,14-17,21H,1-3,6-7,10,13,18-20H2,(H,36,39,42)(H,37,41,43). The molecule has 2 N–H and O–H groups in total. The van der Waals surface area contributed by atoms with Gasteiger partial charge in [0.05, 0.1) is 29.3 Å². The Balaban J connectivity index is 0.997. The van der Waals surface area contributed by atoms with Crippen LogP contribution in [-0.2, 0) is 46.1 Å². The van der Waals surface area contributed by atoms with Crippen molar-refractivity contribution in [3.63, 3.8) is 0 Å². The fourth-order valence-electron chi connectivity index (χ4n) is 4.89. The van der Waals surface area contributed by atoms with E-state index in [9.17, 15) is 27.0 Å². The van der Waals surface area contributed by atoms with E-state index >= 15 is 0 Å². The third-order valence-corrected chi connectivity index (χ3v) is 9.86. The second-order valence-electron chi connectivity index (χ2n) is 11.2. The SMILES string of the molecule is O=C(Cc1cccc(OC(F)(F)F)c1)Nc1ccc(CCCCc2nnc(NC(=O)Cc3cccc(S(=O)CC4CCC4)c3)s2)nn1. The third-order valence-electron chi connectivity index (χ3n) is 7.41. The Morgan fingerprint density at radius 3 is 2.30 bits per heavy atom. The Hall–Kier alpha value is -4.24. The number of alkyl halides is 3. The molecule has 0 saturated heterocycles. The highest BCUT2D eigenvalue weighted by Gasteiger charge is 2.31. The molecule has 1 atom stereocenters. The molecule has 0 bridgehead atoms. The van der Waals surface area contributed by atoms with Gasteiger partial charge < -0.3 is 15.4 Å². The number of hydrogen-bond acceptors (Lipinski definition) is 9. The van der Waals surface area contributed by atoms with Crippen molar-refractivity contribution in [1.29, 1.82) is 0 Å². The van der Waals surface area contributed by atoms with Crippen LogP contribution >= 0.6 is 11.3 Å². The molecule has 2 amide bonds. The number of carbonyl (C=O) groups is 2. The normalized spacial score (nSPS) is 13.9.